The fraction of sp³-hybridized carbons (Fsp3) is 0.333. The summed E-state index contributed by atoms with van der Waals surface area (Å²) in [6, 6.07) is 3.80. The molecule has 0 radical (unpaired) electrons. The predicted molar refractivity (Wildman–Crippen MR) is 172 cm³/mol. The van der Waals surface area contributed by atoms with E-state index in [0.29, 0.717) is 41.5 Å². The Kier molecular flexibility index (Phi) is 7.79. The molecule has 4 aromatic rings. The summed E-state index contributed by atoms with van der Waals surface area (Å²) < 4.78 is 4.48. The number of nitrogens with zero attached hydrogens (tertiary/aromatic N) is 8. The Bertz CT molecular complexity index is 2200. The van der Waals surface area contributed by atoms with Crippen LogP contribution in [0.1, 0.15) is 67.4 Å². The van der Waals surface area contributed by atoms with Crippen LogP contribution in [-0.2, 0) is 18.5 Å². The Morgan fingerprint density at radius 3 is 1.61 bits per heavy atom. The smallest absolute Gasteiger partial charge is 0.294 e. The molecule has 0 saturated heterocycles. The van der Waals surface area contributed by atoms with Gasteiger partial charge in [0.15, 0.2) is 0 Å². The lowest BCUT2D eigenvalue weighted by Gasteiger charge is -2.32. The van der Waals surface area contributed by atoms with Crippen LogP contribution < -0.4 is 29.5 Å². The van der Waals surface area contributed by atoms with Gasteiger partial charge in [0.1, 0.15) is 19.3 Å². The van der Waals surface area contributed by atoms with E-state index >= 15 is 0 Å². The van der Waals surface area contributed by atoms with Gasteiger partial charge in [-0.3, -0.25) is 9.59 Å². The van der Waals surface area contributed by atoms with Crippen LogP contribution in [-0.4, -0.2) is 19.1 Å². The molecule has 0 aromatic carbocycles. The van der Waals surface area contributed by atoms with Gasteiger partial charge in [-0.05, 0) is 38.8 Å². The molecule has 0 bridgehead atoms. The molecule has 218 valence electrons. The second-order valence-electron chi connectivity index (χ2n) is 10.2. The molecular weight excluding hydrogens is 633 g/mol. The summed E-state index contributed by atoms with van der Waals surface area (Å²) in [7, 11) is 0. The lowest BCUT2D eigenvalue weighted by molar-refractivity contribution is 0.340. The molecule has 10 nitrogen and oxygen atoms in total. The van der Waals surface area contributed by atoms with Crippen LogP contribution in [0.2, 0.25) is 0 Å². The Morgan fingerprint density at radius 2 is 1.25 bits per heavy atom. The molecule has 1 spiro atoms. The van der Waals surface area contributed by atoms with E-state index in [4.69, 9.17) is 23.1 Å². The highest BCUT2D eigenvalue weighted by molar-refractivity contribution is 7.23. The van der Waals surface area contributed by atoms with E-state index in [9.17, 15) is 20.1 Å². The number of hydrogen-bond acceptors (Lipinski definition) is 10. The summed E-state index contributed by atoms with van der Waals surface area (Å²) in [4.78, 5) is 45.2. The van der Waals surface area contributed by atoms with E-state index in [1.54, 1.807) is 12.2 Å². The average molecular weight is 655 g/mol. The molecule has 4 heterocycles. The topological polar surface area (TPSA) is 126 Å². The molecule has 6 rings (SSSR count). The normalized spacial score (nSPS) is 17.0. The number of aromatic nitrogens is 4. The molecule has 1 saturated carbocycles. The van der Waals surface area contributed by atoms with Crippen molar-refractivity contribution in [3.05, 3.63) is 83.3 Å². The van der Waals surface area contributed by atoms with Crippen LogP contribution in [0, 0.1) is 35.8 Å². The van der Waals surface area contributed by atoms with Gasteiger partial charge < -0.3 is 9.13 Å². The van der Waals surface area contributed by atoms with E-state index in [1.807, 2.05) is 26.0 Å². The molecular formula is C30H22N8O2S4. The quantitative estimate of drug-likeness (QED) is 0.312. The SMILES string of the molecule is [C-]#[N+]/C(C#N)=c1\s/c(=C\c2nc3c(s2)-c2sc(/C=c4\s/c(=C(\C#N)[N+]#[C-])n(CC)c4=O)nc2C32CCCCC2)c(=O)n1CC. The predicted octanol–water partition coefficient (Wildman–Crippen LogP) is 3.08. The second kappa shape index (κ2) is 11.6. The van der Waals surface area contributed by atoms with Crippen LogP contribution in [0.15, 0.2) is 9.59 Å². The number of nitriles is 2. The lowest BCUT2D eigenvalue weighted by Crippen LogP contribution is -2.31. The van der Waals surface area contributed by atoms with Gasteiger partial charge in [0.25, 0.3) is 22.5 Å². The first kappa shape index (κ1) is 29.6. The van der Waals surface area contributed by atoms with Crippen LogP contribution in [0.5, 0.6) is 0 Å². The average Bonchev–Trinajstić information content (AvgIpc) is 3.82. The van der Waals surface area contributed by atoms with Crippen LogP contribution in [0.25, 0.3) is 43.0 Å². The Labute approximate surface area is 267 Å². The summed E-state index contributed by atoms with van der Waals surface area (Å²) in [5, 5.41) is 20.2. The Morgan fingerprint density at radius 1 is 0.818 bits per heavy atom. The summed E-state index contributed by atoms with van der Waals surface area (Å²) >= 11 is 5.27. The fourth-order valence-electron chi connectivity index (χ4n) is 5.93. The molecule has 44 heavy (non-hydrogen) atoms. The van der Waals surface area contributed by atoms with E-state index in [2.05, 4.69) is 9.69 Å². The third-order valence-corrected chi connectivity index (χ3v) is 12.3. The van der Waals surface area contributed by atoms with Crippen molar-refractivity contribution in [1.29, 1.82) is 10.5 Å². The number of hydrogen-bond donors (Lipinski definition) is 0. The first-order valence-electron chi connectivity index (χ1n) is 13.8. The van der Waals surface area contributed by atoms with Gasteiger partial charge in [0.05, 0.1) is 60.9 Å². The van der Waals surface area contributed by atoms with E-state index < -0.39 is 0 Å². The first-order valence-corrected chi connectivity index (χ1v) is 17.1. The second-order valence-corrected chi connectivity index (χ2v) is 14.3. The minimum atomic E-state index is -0.333. The fourth-order valence-corrected chi connectivity index (χ4v) is 10.6. The highest BCUT2D eigenvalue weighted by atomic mass is 32.1. The molecule has 2 aliphatic rings. The van der Waals surface area contributed by atoms with Gasteiger partial charge in [-0.15, -0.1) is 45.3 Å². The first-order chi connectivity index (χ1) is 21.3. The molecule has 0 unspecified atom stereocenters. The van der Waals surface area contributed by atoms with Crippen molar-refractivity contribution in [3.8, 4) is 21.9 Å². The molecule has 0 N–H and O–H groups in total. The molecule has 1 fully saturated rings. The number of fused-ring (bicyclic) bond motifs is 5. The summed E-state index contributed by atoms with van der Waals surface area (Å²) in [5.74, 6) is 0. The molecule has 14 heteroatoms. The minimum absolute atomic E-state index is 0.103. The van der Waals surface area contributed by atoms with E-state index in [0.717, 1.165) is 75.9 Å². The summed E-state index contributed by atoms with van der Waals surface area (Å²) in [6.07, 6.45) is 8.57. The Hall–Kier alpha value is -4.44. The van der Waals surface area contributed by atoms with Gasteiger partial charge in [0, 0.05) is 13.1 Å². The maximum absolute atomic E-state index is 13.2. The standard InChI is InChI=1S/C30H22N8O2S4/c1-5-37-26(39)18(41-28(37)16(14-31)33-3)12-20-35-24-22(43-20)23-25(30(24)10-8-7-9-11-30)36-21(44-23)13-19-27(40)38(6-2)29(42-19)17(15-32)34-4/h12-13H,5-11H2,1-2H3/b18-12-,19-13-,28-16-,29-17+. The minimum Gasteiger partial charge on any atom is -0.307 e. The lowest BCUT2D eigenvalue weighted by atomic mass is 9.72. The zero-order valence-corrected chi connectivity index (χ0v) is 26.9. The van der Waals surface area contributed by atoms with Gasteiger partial charge in [0.2, 0.25) is 0 Å². The third-order valence-electron chi connectivity index (χ3n) is 7.90. The maximum atomic E-state index is 13.2. The van der Waals surface area contributed by atoms with Crippen molar-refractivity contribution >= 4 is 68.9 Å². The molecule has 0 aliphatic heterocycles. The van der Waals surface area contributed by atoms with Crippen LogP contribution in [0.4, 0.5) is 0 Å². The highest BCUT2D eigenvalue weighted by Gasteiger charge is 2.49. The van der Waals surface area contributed by atoms with Crippen molar-refractivity contribution in [1.82, 2.24) is 19.1 Å². The van der Waals surface area contributed by atoms with E-state index in [-0.39, 0.29) is 27.9 Å². The van der Waals surface area contributed by atoms with Gasteiger partial charge in [-0.25, -0.2) is 30.2 Å². The largest absolute Gasteiger partial charge is 0.307 e. The van der Waals surface area contributed by atoms with Crippen molar-refractivity contribution in [3.63, 3.8) is 0 Å². The molecule has 4 aromatic heterocycles. The third kappa shape index (κ3) is 4.51. The summed E-state index contributed by atoms with van der Waals surface area (Å²) in [6.45, 7) is 19.0. The van der Waals surface area contributed by atoms with Gasteiger partial charge in [-0.1, -0.05) is 19.3 Å². The Balaban J connectivity index is 1.53. The molecule has 0 atom stereocenters. The van der Waals surface area contributed by atoms with Crippen molar-refractivity contribution in [2.45, 2.75) is 64.5 Å². The maximum Gasteiger partial charge on any atom is 0.294 e. The monoisotopic (exact) mass is 654 g/mol. The zero-order valence-electron chi connectivity index (χ0n) is 23.6. The van der Waals surface area contributed by atoms with E-state index in [1.165, 1.54) is 31.8 Å². The van der Waals surface area contributed by atoms with Crippen LogP contribution in [0.3, 0.4) is 0 Å². The van der Waals surface area contributed by atoms with Crippen molar-refractivity contribution < 1.29 is 0 Å². The van der Waals surface area contributed by atoms with Crippen molar-refractivity contribution in [2.24, 2.45) is 0 Å². The number of thiazole rings is 4. The highest BCUT2D eigenvalue weighted by Crippen LogP contribution is 2.58. The molecule has 2 aliphatic carbocycles. The van der Waals surface area contributed by atoms with Crippen LogP contribution >= 0.6 is 45.3 Å². The van der Waals surface area contributed by atoms with Gasteiger partial charge >= 0.3 is 0 Å². The van der Waals surface area contributed by atoms with Crippen molar-refractivity contribution in [2.75, 3.05) is 0 Å². The van der Waals surface area contributed by atoms with Gasteiger partial charge in [-0.2, -0.15) is 0 Å². The number of rotatable bonds is 4. The summed E-state index contributed by atoms with van der Waals surface area (Å²) in [5.41, 5.74) is 0.950. The zero-order chi connectivity index (χ0) is 31.2. The molecule has 0 amide bonds.